The maximum absolute atomic E-state index is 13.9. The number of carbonyl (C=O) groups is 2. The monoisotopic (exact) mass is 643 g/mol. The number of anilines is 2. The van der Waals surface area contributed by atoms with Gasteiger partial charge in [-0.2, -0.15) is 26.3 Å². The SMILES string of the molecule is NCCNC(=O)CCCC1CCN(c2cc(N3CCC[C@H]3C(=O)NCCc3ccc(C(F)(F)F)cc3)nc(C(F)(F)F)n2)CC1. The lowest BCUT2D eigenvalue weighted by Crippen LogP contribution is -2.44. The van der Waals surface area contributed by atoms with Crippen LogP contribution in [0.3, 0.4) is 0 Å². The van der Waals surface area contributed by atoms with Crippen molar-refractivity contribution in [2.45, 2.75) is 69.8 Å². The minimum Gasteiger partial charge on any atom is -0.356 e. The third-order valence-corrected chi connectivity index (χ3v) is 8.22. The zero-order chi connectivity index (χ0) is 32.6. The number of nitrogens with one attached hydrogen (secondary N) is 2. The van der Waals surface area contributed by atoms with E-state index in [4.69, 9.17) is 5.73 Å². The minimum atomic E-state index is -4.79. The lowest BCUT2D eigenvalue weighted by Gasteiger charge is -2.34. The van der Waals surface area contributed by atoms with E-state index in [-0.39, 0.29) is 30.0 Å². The van der Waals surface area contributed by atoms with Gasteiger partial charge in [-0.3, -0.25) is 9.59 Å². The number of halogens is 6. The van der Waals surface area contributed by atoms with Crippen LogP contribution in [0.25, 0.3) is 0 Å². The van der Waals surface area contributed by atoms with Crippen molar-refractivity contribution in [3.63, 3.8) is 0 Å². The molecule has 45 heavy (non-hydrogen) atoms. The Morgan fingerprint density at radius 2 is 1.58 bits per heavy atom. The second kappa shape index (κ2) is 15.1. The topological polar surface area (TPSA) is 116 Å². The second-order valence-electron chi connectivity index (χ2n) is 11.5. The fraction of sp³-hybridized carbons (Fsp3) is 0.600. The molecule has 2 aromatic rings. The van der Waals surface area contributed by atoms with Gasteiger partial charge in [0.1, 0.15) is 17.7 Å². The molecule has 0 spiro atoms. The zero-order valence-electron chi connectivity index (χ0n) is 24.9. The molecule has 0 aliphatic carbocycles. The minimum absolute atomic E-state index is 0.0262. The standard InChI is InChI=1S/C30H39F6N7O2/c31-29(32,33)22-8-6-21(7-9-22)10-14-39-27(45)23-4-2-16-43(23)25-19-24(40-28(41-25)30(34,35)36)42-17-11-20(12-18-42)3-1-5-26(44)38-15-13-37/h6-9,19-20,23H,1-5,10-18,37H2,(H,38,44)(H,39,45)/t23-/m0/s1. The molecule has 4 N–H and O–H groups in total. The van der Waals surface area contributed by atoms with E-state index in [2.05, 4.69) is 20.6 Å². The predicted octanol–water partition coefficient (Wildman–Crippen LogP) is 4.30. The summed E-state index contributed by atoms with van der Waals surface area (Å²) >= 11 is 0. The van der Waals surface area contributed by atoms with E-state index in [1.807, 2.05) is 0 Å². The highest BCUT2D eigenvalue weighted by Crippen LogP contribution is 2.34. The van der Waals surface area contributed by atoms with Gasteiger partial charge in [-0.1, -0.05) is 12.1 Å². The van der Waals surface area contributed by atoms with Gasteiger partial charge in [0.15, 0.2) is 0 Å². The summed E-state index contributed by atoms with van der Waals surface area (Å²) in [6.07, 6.45) is -4.46. The summed E-state index contributed by atoms with van der Waals surface area (Å²) in [4.78, 5) is 35.9. The van der Waals surface area contributed by atoms with Gasteiger partial charge in [0.25, 0.3) is 0 Å². The molecule has 248 valence electrons. The molecule has 1 aromatic heterocycles. The second-order valence-corrected chi connectivity index (χ2v) is 11.5. The number of hydrogen-bond acceptors (Lipinski definition) is 7. The molecule has 1 atom stereocenters. The van der Waals surface area contributed by atoms with Gasteiger partial charge in [-0.25, -0.2) is 9.97 Å². The molecule has 2 amide bonds. The Kier molecular flexibility index (Phi) is 11.5. The van der Waals surface area contributed by atoms with Crippen molar-refractivity contribution in [3.8, 4) is 0 Å². The van der Waals surface area contributed by atoms with Crippen LogP contribution in [0.4, 0.5) is 38.0 Å². The Morgan fingerprint density at radius 3 is 2.22 bits per heavy atom. The number of rotatable bonds is 12. The molecular weight excluding hydrogens is 604 g/mol. The van der Waals surface area contributed by atoms with Crippen molar-refractivity contribution in [1.82, 2.24) is 20.6 Å². The van der Waals surface area contributed by atoms with Gasteiger partial charge in [0.05, 0.1) is 5.56 Å². The van der Waals surface area contributed by atoms with E-state index in [9.17, 15) is 35.9 Å². The van der Waals surface area contributed by atoms with Gasteiger partial charge in [0.2, 0.25) is 17.6 Å². The number of piperidine rings is 1. The van der Waals surface area contributed by atoms with Crippen LogP contribution in [0, 0.1) is 5.92 Å². The van der Waals surface area contributed by atoms with Crippen LogP contribution in [0.15, 0.2) is 30.3 Å². The molecule has 0 saturated carbocycles. The van der Waals surface area contributed by atoms with Gasteiger partial charge in [-0.05, 0) is 68.6 Å². The van der Waals surface area contributed by atoms with Gasteiger partial charge >= 0.3 is 12.4 Å². The van der Waals surface area contributed by atoms with E-state index in [0.29, 0.717) is 69.9 Å². The average Bonchev–Trinajstić information content (AvgIpc) is 3.50. The highest BCUT2D eigenvalue weighted by Gasteiger charge is 2.39. The number of aromatic nitrogens is 2. The molecule has 9 nitrogen and oxygen atoms in total. The number of nitrogens with two attached hydrogens (primary N) is 1. The maximum atomic E-state index is 13.9. The van der Waals surface area contributed by atoms with Crippen molar-refractivity contribution in [2.75, 3.05) is 49.1 Å². The first-order valence-corrected chi connectivity index (χ1v) is 15.2. The number of nitrogens with zero attached hydrogens (tertiary/aromatic N) is 4. The van der Waals surface area contributed by atoms with Crippen LogP contribution in [0.1, 0.15) is 61.9 Å². The summed E-state index contributed by atoms with van der Waals surface area (Å²) < 4.78 is 80.0. The van der Waals surface area contributed by atoms with Crippen LogP contribution in [-0.2, 0) is 28.4 Å². The first kappa shape index (κ1) is 34.3. The lowest BCUT2D eigenvalue weighted by molar-refractivity contribution is -0.144. The zero-order valence-corrected chi connectivity index (χ0v) is 24.9. The number of carbonyl (C=O) groups excluding carboxylic acids is 2. The largest absolute Gasteiger partial charge is 0.451 e. The maximum Gasteiger partial charge on any atom is 0.451 e. The number of amides is 2. The molecule has 2 fully saturated rings. The van der Waals surface area contributed by atoms with Gasteiger partial charge < -0.3 is 26.2 Å². The Morgan fingerprint density at radius 1 is 0.889 bits per heavy atom. The van der Waals surface area contributed by atoms with Crippen molar-refractivity contribution >= 4 is 23.5 Å². The van der Waals surface area contributed by atoms with E-state index < -0.39 is 29.8 Å². The smallest absolute Gasteiger partial charge is 0.356 e. The average molecular weight is 644 g/mol. The molecule has 2 aliphatic rings. The van der Waals surface area contributed by atoms with E-state index in [1.54, 1.807) is 9.80 Å². The van der Waals surface area contributed by atoms with Crippen LogP contribution < -0.4 is 26.2 Å². The van der Waals surface area contributed by atoms with Crippen molar-refractivity contribution in [2.24, 2.45) is 11.7 Å². The number of benzene rings is 1. The van der Waals surface area contributed by atoms with E-state index in [1.165, 1.54) is 18.2 Å². The molecule has 0 bridgehead atoms. The Hall–Kier alpha value is -3.62. The summed E-state index contributed by atoms with van der Waals surface area (Å²) in [6, 6.07) is 5.43. The van der Waals surface area contributed by atoms with Crippen LogP contribution >= 0.6 is 0 Å². The highest BCUT2D eigenvalue weighted by molar-refractivity contribution is 5.85. The normalized spacial score (nSPS) is 17.9. The Balaban J connectivity index is 1.36. The van der Waals surface area contributed by atoms with E-state index in [0.717, 1.165) is 37.8 Å². The van der Waals surface area contributed by atoms with Crippen molar-refractivity contribution in [3.05, 3.63) is 47.3 Å². The van der Waals surface area contributed by atoms with Crippen LogP contribution in [-0.4, -0.2) is 67.1 Å². The van der Waals surface area contributed by atoms with Crippen LogP contribution in [0.5, 0.6) is 0 Å². The third-order valence-electron chi connectivity index (χ3n) is 8.22. The highest BCUT2D eigenvalue weighted by atomic mass is 19.4. The molecule has 0 unspecified atom stereocenters. The summed E-state index contributed by atoms with van der Waals surface area (Å²) in [5.74, 6) is -1.17. The van der Waals surface area contributed by atoms with Crippen molar-refractivity contribution in [1.29, 1.82) is 0 Å². The number of hydrogen-bond donors (Lipinski definition) is 3. The summed E-state index contributed by atoms with van der Waals surface area (Å²) in [5, 5.41) is 5.51. The summed E-state index contributed by atoms with van der Waals surface area (Å²) in [7, 11) is 0. The predicted molar refractivity (Wildman–Crippen MR) is 156 cm³/mol. The molecule has 15 heteroatoms. The fourth-order valence-electron chi connectivity index (χ4n) is 5.78. The first-order valence-electron chi connectivity index (χ1n) is 15.2. The molecule has 2 aliphatic heterocycles. The molecule has 2 saturated heterocycles. The van der Waals surface area contributed by atoms with E-state index >= 15 is 0 Å². The van der Waals surface area contributed by atoms with Crippen molar-refractivity contribution < 1.29 is 35.9 Å². The molecule has 0 radical (unpaired) electrons. The van der Waals surface area contributed by atoms with Gasteiger partial charge in [0, 0.05) is 51.8 Å². The Bertz CT molecular complexity index is 1280. The van der Waals surface area contributed by atoms with Crippen LogP contribution in [0.2, 0.25) is 0 Å². The lowest BCUT2D eigenvalue weighted by atomic mass is 9.91. The Labute approximate surface area is 257 Å². The first-order chi connectivity index (χ1) is 21.3. The summed E-state index contributed by atoms with van der Waals surface area (Å²) in [6.45, 7) is 2.33. The van der Waals surface area contributed by atoms with Gasteiger partial charge in [-0.15, -0.1) is 0 Å². The third kappa shape index (κ3) is 9.68. The fourth-order valence-corrected chi connectivity index (χ4v) is 5.78. The molecular formula is C30H39F6N7O2. The molecule has 1 aromatic carbocycles. The molecule has 3 heterocycles. The quantitative estimate of drug-likeness (QED) is 0.296. The summed E-state index contributed by atoms with van der Waals surface area (Å²) in [5.41, 5.74) is 5.24. The molecule has 4 rings (SSSR count). The number of alkyl halides is 6.